The lowest BCUT2D eigenvalue weighted by Gasteiger charge is -2.17. The Bertz CT molecular complexity index is 658. The monoisotopic (exact) mass is 343 g/mol. The Labute approximate surface area is 139 Å². The molecule has 0 saturated carbocycles. The van der Waals surface area contributed by atoms with Gasteiger partial charge in [0, 0.05) is 16.1 Å². The van der Waals surface area contributed by atoms with Gasteiger partial charge in [0.1, 0.15) is 5.75 Å². The van der Waals surface area contributed by atoms with Crippen molar-refractivity contribution in [2.24, 2.45) is 5.73 Å². The lowest BCUT2D eigenvalue weighted by atomic mass is 9.98. The van der Waals surface area contributed by atoms with Crippen molar-refractivity contribution in [2.75, 3.05) is 6.61 Å². The van der Waals surface area contributed by atoms with E-state index >= 15 is 0 Å². The van der Waals surface area contributed by atoms with Crippen molar-refractivity contribution in [3.05, 3.63) is 62.1 Å². The van der Waals surface area contributed by atoms with E-state index in [9.17, 15) is 0 Å². The largest absolute Gasteiger partial charge is 0.492 e. The molecule has 2 aromatic rings. The molecule has 2 aromatic carbocycles. The number of hydrogen-bond donors (Lipinski definition) is 1. The van der Waals surface area contributed by atoms with E-state index in [2.05, 4.69) is 0 Å². The van der Waals surface area contributed by atoms with Crippen LogP contribution in [0.5, 0.6) is 5.75 Å². The average molecular weight is 345 g/mol. The van der Waals surface area contributed by atoms with Crippen LogP contribution in [0.1, 0.15) is 29.7 Å². The molecule has 0 radical (unpaired) electrons. The summed E-state index contributed by atoms with van der Waals surface area (Å²) in [5.41, 5.74) is 8.96. The van der Waals surface area contributed by atoms with Crippen LogP contribution in [-0.4, -0.2) is 6.61 Å². The molecule has 2 rings (SSSR count). The smallest absolute Gasteiger partial charge is 0.139 e. The Kier molecular flexibility index (Phi) is 5.39. The first-order valence-electron chi connectivity index (χ1n) is 6.57. The van der Waals surface area contributed by atoms with Gasteiger partial charge in [-0.15, -0.1) is 0 Å². The van der Waals surface area contributed by atoms with Crippen LogP contribution in [0.2, 0.25) is 15.1 Å². The molecule has 21 heavy (non-hydrogen) atoms. The molecule has 0 aliphatic heterocycles. The van der Waals surface area contributed by atoms with Crippen LogP contribution in [0.4, 0.5) is 0 Å². The molecule has 5 heteroatoms. The van der Waals surface area contributed by atoms with E-state index in [1.165, 1.54) is 0 Å². The fourth-order valence-electron chi connectivity index (χ4n) is 2.09. The van der Waals surface area contributed by atoms with Crippen LogP contribution in [0, 0.1) is 6.92 Å². The van der Waals surface area contributed by atoms with Crippen molar-refractivity contribution >= 4 is 34.8 Å². The van der Waals surface area contributed by atoms with Gasteiger partial charge in [-0.3, -0.25) is 0 Å². The highest BCUT2D eigenvalue weighted by Crippen LogP contribution is 2.36. The highest BCUT2D eigenvalue weighted by atomic mass is 35.5. The second-order valence-corrected chi connectivity index (χ2v) is 5.95. The summed E-state index contributed by atoms with van der Waals surface area (Å²) in [6, 6.07) is 8.75. The summed E-state index contributed by atoms with van der Waals surface area (Å²) < 4.78 is 5.42. The van der Waals surface area contributed by atoms with Crippen LogP contribution < -0.4 is 10.5 Å². The van der Waals surface area contributed by atoms with Crippen LogP contribution in [0.25, 0.3) is 0 Å². The first-order chi connectivity index (χ1) is 9.93. The zero-order chi connectivity index (χ0) is 15.6. The van der Waals surface area contributed by atoms with Gasteiger partial charge in [0.15, 0.2) is 0 Å². The van der Waals surface area contributed by atoms with Gasteiger partial charge in [-0.25, -0.2) is 0 Å². The summed E-state index contributed by atoms with van der Waals surface area (Å²) in [5, 5.41) is 1.74. The second-order valence-electron chi connectivity index (χ2n) is 4.72. The topological polar surface area (TPSA) is 35.2 Å². The number of hydrogen-bond acceptors (Lipinski definition) is 2. The van der Waals surface area contributed by atoms with Gasteiger partial charge in [0.25, 0.3) is 0 Å². The Morgan fingerprint density at radius 2 is 1.76 bits per heavy atom. The van der Waals surface area contributed by atoms with E-state index < -0.39 is 0 Å². The highest BCUT2D eigenvalue weighted by molar-refractivity contribution is 6.34. The number of nitrogens with two attached hydrogens (primary N) is 1. The Balaban J connectivity index is 2.40. The van der Waals surface area contributed by atoms with E-state index in [1.807, 2.05) is 32.0 Å². The number of benzene rings is 2. The summed E-state index contributed by atoms with van der Waals surface area (Å²) >= 11 is 18.6. The molecule has 0 heterocycles. The van der Waals surface area contributed by atoms with Crippen LogP contribution in [0.3, 0.4) is 0 Å². The van der Waals surface area contributed by atoms with Gasteiger partial charge in [-0.1, -0.05) is 46.9 Å². The summed E-state index contributed by atoms with van der Waals surface area (Å²) in [4.78, 5) is 0. The minimum absolute atomic E-state index is 0.373. The Morgan fingerprint density at radius 3 is 2.38 bits per heavy atom. The maximum absolute atomic E-state index is 6.31. The van der Waals surface area contributed by atoms with Crippen LogP contribution >= 0.6 is 34.8 Å². The maximum Gasteiger partial charge on any atom is 0.139 e. The Morgan fingerprint density at radius 1 is 1.05 bits per heavy atom. The Hall–Kier alpha value is -0.930. The molecule has 0 aliphatic carbocycles. The number of halogens is 3. The molecule has 0 spiro atoms. The van der Waals surface area contributed by atoms with Crippen molar-refractivity contribution in [1.29, 1.82) is 0 Å². The molecule has 0 bridgehead atoms. The lowest BCUT2D eigenvalue weighted by Crippen LogP contribution is -2.13. The number of aryl methyl sites for hydroxylation is 1. The summed E-state index contributed by atoms with van der Waals surface area (Å²) in [6.45, 7) is 4.35. The van der Waals surface area contributed by atoms with Crippen molar-refractivity contribution < 1.29 is 4.74 Å². The molecule has 112 valence electrons. The van der Waals surface area contributed by atoms with Crippen LogP contribution in [0.15, 0.2) is 30.3 Å². The fraction of sp³-hybridized carbons (Fsp3) is 0.250. The van der Waals surface area contributed by atoms with Gasteiger partial charge >= 0.3 is 0 Å². The summed E-state index contributed by atoms with van der Waals surface area (Å²) in [7, 11) is 0. The quantitative estimate of drug-likeness (QED) is 0.805. The highest BCUT2D eigenvalue weighted by Gasteiger charge is 2.16. The molecule has 0 fully saturated rings. The van der Waals surface area contributed by atoms with Gasteiger partial charge in [0.2, 0.25) is 0 Å². The molecular weight excluding hydrogens is 329 g/mol. The van der Waals surface area contributed by atoms with Gasteiger partial charge in [0.05, 0.1) is 17.7 Å². The molecule has 2 nitrogen and oxygen atoms in total. The molecular formula is C16H16Cl3NO. The molecule has 0 amide bonds. The van der Waals surface area contributed by atoms with E-state index in [-0.39, 0.29) is 6.04 Å². The molecule has 0 aliphatic rings. The first-order valence-corrected chi connectivity index (χ1v) is 7.70. The molecule has 1 atom stereocenters. The zero-order valence-electron chi connectivity index (χ0n) is 11.8. The third kappa shape index (κ3) is 3.64. The molecule has 0 saturated heterocycles. The maximum atomic E-state index is 6.31. The van der Waals surface area contributed by atoms with Gasteiger partial charge < -0.3 is 10.5 Å². The predicted molar refractivity (Wildman–Crippen MR) is 89.9 cm³/mol. The summed E-state index contributed by atoms with van der Waals surface area (Å²) in [6.07, 6.45) is 0. The normalized spacial score (nSPS) is 12.3. The van der Waals surface area contributed by atoms with E-state index in [0.717, 1.165) is 16.7 Å². The predicted octanol–water partition coefficient (Wildman–Crippen LogP) is 5.40. The first kappa shape index (κ1) is 16.4. The van der Waals surface area contributed by atoms with Crippen molar-refractivity contribution in [2.45, 2.75) is 19.9 Å². The lowest BCUT2D eigenvalue weighted by molar-refractivity contribution is 0.340. The number of rotatable bonds is 4. The van der Waals surface area contributed by atoms with Crippen molar-refractivity contribution in [3.63, 3.8) is 0 Å². The third-order valence-electron chi connectivity index (χ3n) is 3.23. The van der Waals surface area contributed by atoms with E-state index in [1.54, 1.807) is 12.1 Å². The minimum atomic E-state index is -0.373. The molecule has 0 aromatic heterocycles. The van der Waals surface area contributed by atoms with E-state index in [4.69, 9.17) is 45.3 Å². The molecule has 2 N–H and O–H groups in total. The number of ether oxygens (including phenoxy) is 1. The fourth-order valence-corrected chi connectivity index (χ4v) is 2.70. The minimum Gasteiger partial charge on any atom is -0.492 e. The second kappa shape index (κ2) is 6.89. The van der Waals surface area contributed by atoms with Crippen molar-refractivity contribution in [1.82, 2.24) is 0 Å². The standard InChI is InChI=1S/C16H16Cl3NO/c1-3-21-15-8-13(18)11(7-14(15)19)16(20)10-4-5-12(17)9(2)6-10/h4-8,16H,3,20H2,1-2H3. The van der Waals surface area contributed by atoms with Crippen molar-refractivity contribution in [3.8, 4) is 5.75 Å². The van der Waals surface area contributed by atoms with Crippen LogP contribution in [-0.2, 0) is 0 Å². The molecule has 1 unspecified atom stereocenters. The zero-order valence-corrected chi connectivity index (χ0v) is 14.1. The van der Waals surface area contributed by atoms with Gasteiger partial charge in [-0.05, 0) is 42.7 Å². The summed E-state index contributed by atoms with van der Waals surface area (Å²) in [5.74, 6) is 0.562. The third-order valence-corrected chi connectivity index (χ3v) is 4.27. The average Bonchev–Trinajstić information content (AvgIpc) is 2.45. The van der Waals surface area contributed by atoms with E-state index in [0.29, 0.717) is 27.4 Å². The van der Waals surface area contributed by atoms with Gasteiger partial charge in [-0.2, -0.15) is 0 Å². The SMILES string of the molecule is CCOc1cc(Cl)c(C(N)c2ccc(Cl)c(C)c2)cc1Cl.